The maximum atomic E-state index is 11.7. The van der Waals surface area contributed by atoms with Gasteiger partial charge in [0.1, 0.15) is 0 Å². The Hall–Kier alpha value is -2.04. The van der Waals surface area contributed by atoms with Crippen molar-refractivity contribution in [3.63, 3.8) is 0 Å². The zero-order valence-corrected chi connectivity index (χ0v) is 15.9. The number of methoxy groups -OCH3 is 1. The number of rotatable bonds is 14. The van der Waals surface area contributed by atoms with Gasteiger partial charge in [-0.25, -0.2) is 9.59 Å². The molecule has 146 valence electrons. The molecule has 1 aromatic carbocycles. The number of carbonyl (C=O) groups is 2. The third-order valence-electron chi connectivity index (χ3n) is 4.49. The summed E-state index contributed by atoms with van der Waals surface area (Å²) in [5, 5.41) is 8.35. The van der Waals surface area contributed by atoms with Gasteiger partial charge in [-0.2, -0.15) is 0 Å². The SMILES string of the molecule is COC(=O)c1ccccc1CCCCCCCCCCCCOC(=O)O. The molecule has 0 heterocycles. The standard InChI is InChI=1S/C21H32O5/c1-25-20(22)19-16-12-11-15-18(19)14-10-8-6-4-2-3-5-7-9-13-17-26-21(23)24/h11-12,15-16H,2-10,13-14,17H2,1H3,(H,23,24). The van der Waals surface area contributed by atoms with E-state index in [1.165, 1.54) is 45.6 Å². The van der Waals surface area contributed by atoms with Crippen LogP contribution >= 0.6 is 0 Å². The molecule has 0 aromatic heterocycles. The van der Waals surface area contributed by atoms with Gasteiger partial charge in [0, 0.05) is 0 Å². The minimum atomic E-state index is -1.18. The van der Waals surface area contributed by atoms with Gasteiger partial charge in [-0.15, -0.1) is 0 Å². The van der Waals surface area contributed by atoms with Crippen LogP contribution in [0.25, 0.3) is 0 Å². The average molecular weight is 364 g/mol. The van der Waals surface area contributed by atoms with Crippen LogP contribution in [0.2, 0.25) is 0 Å². The summed E-state index contributed by atoms with van der Waals surface area (Å²) in [4.78, 5) is 21.9. The smallest absolute Gasteiger partial charge is 0.465 e. The van der Waals surface area contributed by atoms with E-state index < -0.39 is 6.16 Å². The van der Waals surface area contributed by atoms with E-state index in [0.717, 1.165) is 37.7 Å². The van der Waals surface area contributed by atoms with E-state index in [1.54, 1.807) is 0 Å². The number of aryl methyl sites for hydroxylation is 1. The Balaban J connectivity index is 1.97. The molecule has 0 spiro atoms. The van der Waals surface area contributed by atoms with E-state index in [-0.39, 0.29) is 5.97 Å². The molecule has 5 nitrogen and oxygen atoms in total. The van der Waals surface area contributed by atoms with E-state index in [4.69, 9.17) is 9.84 Å². The molecule has 0 aliphatic rings. The van der Waals surface area contributed by atoms with Crippen LogP contribution in [0.5, 0.6) is 0 Å². The van der Waals surface area contributed by atoms with Crippen LogP contribution in [0.3, 0.4) is 0 Å². The van der Waals surface area contributed by atoms with Gasteiger partial charge < -0.3 is 14.6 Å². The Bertz CT molecular complexity index is 527. The van der Waals surface area contributed by atoms with Crippen LogP contribution in [-0.2, 0) is 15.9 Å². The van der Waals surface area contributed by atoms with Crippen molar-refractivity contribution in [2.75, 3.05) is 13.7 Å². The highest BCUT2D eigenvalue weighted by molar-refractivity contribution is 5.90. The van der Waals surface area contributed by atoms with Gasteiger partial charge in [0.25, 0.3) is 0 Å². The quantitative estimate of drug-likeness (QED) is 0.343. The molecule has 0 aliphatic carbocycles. The molecule has 0 saturated carbocycles. The number of hydrogen-bond donors (Lipinski definition) is 1. The monoisotopic (exact) mass is 364 g/mol. The fourth-order valence-corrected chi connectivity index (χ4v) is 3.04. The number of hydrogen-bond acceptors (Lipinski definition) is 4. The van der Waals surface area contributed by atoms with E-state index in [2.05, 4.69) is 4.74 Å². The zero-order chi connectivity index (χ0) is 19.0. The fourth-order valence-electron chi connectivity index (χ4n) is 3.04. The van der Waals surface area contributed by atoms with Crippen molar-refractivity contribution in [2.24, 2.45) is 0 Å². The third-order valence-corrected chi connectivity index (χ3v) is 4.49. The minimum absolute atomic E-state index is 0.255. The summed E-state index contributed by atoms with van der Waals surface area (Å²) in [5.74, 6) is -0.255. The lowest BCUT2D eigenvalue weighted by atomic mass is 10.00. The maximum absolute atomic E-state index is 11.7. The Morgan fingerprint density at radius 1 is 0.846 bits per heavy atom. The second-order valence-electron chi connectivity index (χ2n) is 6.55. The van der Waals surface area contributed by atoms with Crippen LogP contribution in [0, 0.1) is 0 Å². The van der Waals surface area contributed by atoms with Crippen molar-refractivity contribution in [1.29, 1.82) is 0 Å². The topological polar surface area (TPSA) is 72.8 Å². The van der Waals surface area contributed by atoms with Gasteiger partial charge in [-0.05, 0) is 30.9 Å². The lowest BCUT2D eigenvalue weighted by molar-refractivity contribution is 0.0599. The first-order valence-electron chi connectivity index (χ1n) is 9.67. The highest BCUT2D eigenvalue weighted by Gasteiger charge is 2.10. The van der Waals surface area contributed by atoms with Crippen LogP contribution in [-0.4, -0.2) is 30.9 Å². The molecule has 0 aliphatic heterocycles. The van der Waals surface area contributed by atoms with Crippen LogP contribution < -0.4 is 0 Å². The van der Waals surface area contributed by atoms with E-state index in [1.807, 2.05) is 24.3 Å². The van der Waals surface area contributed by atoms with Crippen LogP contribution in [0.4, 0.5) is 4.79 Å². The largest absolute Gasteiger partial charge is 0.505 e. The first kappa shape index (κ1) is 22.0. The first-order valence-corrected chi connectivity index (χ1v) is 9.67. The van der Waals surface area contributed by atoms with Crippen molar-refractivity contribution in [2.45, 2.75) is 70.6 Å². The molecule has 5 heteroatoms. The molecule has 0 radical (unpaired) electrons. The van der Waals surface area contributed by atoms with Crippen molar-refractivity contribution < 1.29 is 24.2 Å². The molecule has 0 fully saturated rings. The second kappa shape index (κ2) is 14.2. The molecule has 1 rings (SSSR count). The number of ether oxygens (including phenoxy) is 2. The molecule has 26 heavy (non-hydrogen) atoms. The Kier molecular flexibility index (Phi) is 12.0. The Labute approximate surface area is 156 Å². The highest BCUT2D eigenvalue weighted by Crippen LogP contribution is 2.15. The Morgan fingerprint density at radius 2 is 1.38 bits per heavy atom. The number of esters is 1. The van der Waals surface area contributed by atoms with Gasteiger partial charge in [0.05, 0.1) is 19.3 Å². The van der Waals surface area contributed by atoms with Crippen LogP contribution in [0.1, 0.15) is 80.1 Å². The summed E-state index contributed by atoms with van der Waals surface area (Å²) in [5.41, 5.74) is 1.76. The lowest BCUT2D eigenvalue weighted by Crippen LogP contribution is -2.05. The summed E-state index contributed by atoms with van der Waals surface area (Å²) in [6.07, 6.45) is 11.2. The van der Waals surface area contributed by atoms with Crippen molar-refractivity contribution >= 4 is 12.1 Å². The summed E-state index contributed by atoms with van der Waals surface area (Å²) in [6, 6.07) is 7.67. The number of unbranched alkanes of at least 4 members (excludes halogenated alkanes) is 9. The van der Waals surface area contributed by atoms with Gasteiger partial charge in [-0.1, -0.05) is 69.6 Å². The number of carbonyl (C=O) groups excluding carboxylic acids is 1. The summed E-state index contributed by atoms with van der Waals surface area (Å²) >= 11 is 0. The van der Waals surface area contributed by atoms with Gasteiger partial charge in [-0.3, -0.25) is 0 Å². The zero-order valence-electron chi connectivity index (χ0n) is 15.9. The first-order chi connectivity index (χ1) is 12.6. The molecule has 1 N–H and O–H groups in total. The predicted octanol–water partition coefficient (Wildman–Crippen LogP) is 5.61. The van der Waals surface area contributed by atoms with E-state index in [0.29, 0.717) is 12.2 Å². The second-order valence-corrected chi connectivity index (χ2v) is 6.55. The van der Waals surface area contributed by atoms with Crippen LogP contribution in [0.15, 0.2) is 24.3 Å². The van der Waals surface area contributed by atoms with Gasteiger partial charge >= 0.3 is 12.1 Å². The molecule has 0 bridgehead atoms. The predicted molar refractivity (Wildman–Crippen MR) is 102 cm³/mol. The molecular weight excluding hydrogens is 332 g/mol. The number of carboxylic acid groups (broad SMARTS) is 1. The third kappa shape index (κ3) is 10.1. The van der Waals surface area contributed by atoms with Gasteiger partial charge in [0.15, 0.2) is 0 Å². The minimum Gasteiger partial charge on any atom is -0.465 e. The van der Waals surface area contributed by atoms with E-state index >= 15 is 0 Å². The summed E-state index contributed by atoms with van der Waals surface area (Å²) < 4.78 is 9.30. The summed E-state index contributed by atoms with van der Waals surface area (Å²) in [7, 11) is 1.42. The molecule has 0 amide bonds. The fraction of sp³-hybridized carbons (Fsp3) is 0.619. The van der Waals surface area contributed by atoms with Gasteiger partial charge in [0.2, 0.25) is 0 Å². The normalized spacial score (nSPS) is 10.5. The molecule has 0 unspecified atom stereocenters. The molecule has 0 saturated heterocycles. The Morgan fingerprint density at radius 3 is 1.96 bits per heavy atom. The van der Waals surface area contributed by atoms with E-state index in [9.17, 15) is 9.59 Å². The average Bonchev–Trinajstić information content (AvgIpc) is 2.65. The van der Waals surface area contributed by atoms with Crippen molar-refractivity contribution in [1.82, 2.24) is 0 Å². The number of benzene rings is 1. The molecular formula is C21H32O5. The molecule has 0 atom stereocenters. The molecule has 1 aromatic rings. The van der Waals surface area contributed by atoms with Crippen molar-refractivity contribution in [3.05, 3.63) is 35.4 Å². The highest BCUT2D eigenvalue weighted by atomic mass is 16.7. The summed E-state index contributed by atoms with van der Waals surface area (Å²) in [6.45, 7) is 0.314. The lowest BCUT2D eigenvalue weighted by Gasteiger charge is -2.07. The van der Waals surface area contributed by atoms with Crippen molar-refractivity contribution in [3.8, 4) is 0 Å². The maximum Gasteiger partial charge on any atom is 0.505 e.